The summed E-state index contributed by atoms with van der Waals surface area (Å²) in [6.07, 6.45) is 48.5. The highest BCUT2D eigenvalue weighted by molar-refractivity contribution is 7.47. The third kappa shape index (κ3) is 46.3. The van der Waals surface area contributed by atoms with E-state index in [0.717, 1.165) is 38.5 Å². The molecule has 0 aliphatic carbocycles. The SMILES string of the molecule is CCCCCCCC/C=C/CCCCCCCCCCCC(=O)OC[C@H](COP(=O)(O)OCC(O)CO)OC(=O)CCCCCCCCCCC/C=C/CCCCCCCC. The maximum absolute atomic E-state index is 12.7. The number of aliphatic hydroxyl groups excluding tert-OH is 2. The maximum Gasteiger partial charge on any atom is 0.472 e. The molecule has 0 fully saturated rings. The average molecular weight is 887 g/mol. The minimum Gasteiger partial charge on any atom is -0.462 e. The lowest BCUT2D eigenvalue weighted by Gasteiger charge is -2.20. The van der Waals surface area contributed by atoms with Crippen molar-refractivity contribution in [2.45, 2.75) is 257 Å². The molecule has 360 valence electrons. The van der Waals surface area contributed by atoms with E-state index >= 15 is 0 Å². The number of phosphoric acid groups is 1. The van der Waals surface area contributed by atoms with Crippen LogP contribution in [0.15, 0.2) is 24.3 Å². The molecule has 0 aromatic carbocycles. The van der Waals surface area contributed by atoms with Crippen LogP contribution in [0, 0.1) is 0 Å². The van der Waals surface area contributed by atoms with Gasteiger partial charge in [-0.2, -0.15) is 0 Å². The van der Waals surface area contributed by atoms with Crippen molar-refractivity contribution in [2.75, 3.05) is 26.4 Å². The van der Waals surface area contributed by atoms with Crippen molar-refractivity contribution in [2.24, 2.45) is 0 Å². The van der Waals surface area contributed by atoms with Crippen molar-refractivity contribution in [1.82, 2.24) is 0 Å². The molecule has 0 aliphatic heterocycles. The monoisotopic (exact) mass is 887 g/mol. The van der Waals surface area contributed by atoms with Crippen LogP contribution in [0.25, 0.3) is 0 Å². The smallest absolute Gasteiger partial charge is 0.462 e. The number of carbonyl (C=O) groups excluding carboxylic acids is 2. The normalized spacial score (nSPS) is 13.9. The lowest BCUT2D eigenvalue weighted by molar-refractivity contribution is -0.161. The van der Waals surface area contributed by atoms with Crippen molar-refractivity contribution in [3.8, 4) is 0 Å². The molecular formula is C50H95O10P. The van der Waals surface area contributed by atoms with E-state index < -0.39 is 51.8 Å². The van der Waals surface area contributed by atoms with Gasteiger partial charge < -0.3 is 24.6 Å². The molecule has 0 heterocycles. The Kier molecular flexibility index (Phi) is 45.3. The van der Waals surface area contributed by atoms with Gasteiger partial charge in [0.2, 0.25) is 0 Å². The quantitative estimate of drug-likeness (QED) is 0.0233. The van der Waals surface area contributed by atoms with E-state index in [9.17, 15) is 24.2 Å². The summed E-state index contributed by atoms with van der Waals surface area (Å²) < 4.78 is 32.9. The first-order chi connectivity index (χ1) is 29.7. The van der Waals surface area contributed by atoms with Crippen molar-refractivity contribution in [3.05, 3.63) is 24.3 Å². The van der Waals surface area contributed by atoms with Crippen LogP contribution in [-0.2, 0) is 32.7 Å². The summed E-state index contributed by atoms with van der Waals surface area (Å²) in [6, 6.07) is 0. The summed E-state index contributed by atoms with van der Waals surface area (Å²) in [6.45, 7) is 2.41. The minimum absolute atomic E-state index is 0.184. The van der Waals surface area contributed by atoms with Crippen molar-refractivity contribution < 1.29 is 47.8 Å². The van der Waals surface area contributed by atoms with Gasteiger partial charge in [-0.25, -0.2) is 4.57 Å². The summed E-state index contributed by atoms with van der Waals surface area (Å²) in [4.78, 5) is 35.2. The predicted octanol–water partition coefficient (Wildman–Crippen LogP) is 14.1. The molecule has 0 spiro atoms. The van der Waals surface area contributed by atoms with Crippen LogP contribution in [0.3, 0.4) is 0 Å². The van der Waals surface area contributed by atoms with Crippen LogP contribution in [-0.4, -0.2) is 65.7 Å². The molecule has 10 nitrogen and oxygen atoms in total. The molecule has 61 heavy (non-hydrogen) atoms. The van der Waals surface area contributed by atoms with E-state index in [-0.39, 0.29) is 19.4 Å². The molecule has 3 atom stereocenters. The number of aliphatic hydroxyl groups is 2. The Morgan fingerprint density at radius 1 is 0.475 bits per heavy atom. The summed E-state index contributed by atoms with van der Waals surface area (Å²) in [7, 11) is -4.62. The second-order valence-electron chi connectivity index (χ2n) is 17.2. The van der Waals surface area contributed by atoms with E-state index in [1.807, 2.05) is 0 Å². The van der Waals surface area contributed by atoms with E-state index in [1.54, 1.807) is 0 Å². The Balaban J connectivity index is 4.18. The zero-order valence-electron chi connectivity index (χ0n) is 39.4. The average Bonchev–Trinajstić information content (AvgIpc) is 3.25. The Morgan fingerprint density at radius 3 is 1.18 bits per heavy atom. The summed E-state index contributed by atoms with van der Waals surface area (Å²) >= 11 is 0. The van der Waals surface area contributed by atoms with Gasteiger partial charge in [0.15, 0.2) is 6.10 Å². The largest absolute Gasteiger partial charge is 0.472 e. The molecule has 0 radical (unpaired) electrons. The Morgan fingerprint density at radius 2 is 0.803 bits per heavy atom. The van der Waals surface area contributed by atoms with E-state index in [0.29, 0.717) is 12.8 Å². The van der Waals surface area contributed by atoms with Crippen LogP contribution in [0.5, 0.6) is 0 Å². The van der Waals surface area contributed by atoms with Gasteiger partial charge in [-0.3, -0.25) is 18.6 Å². The Hall–Kier alpha value is -1.55. The van der Waals surface area contributed by atoms with E-state index in [1.165, 1.54) is 167 Å². The fourth-order valence-electron chi connectivity index (χ4n) is 7.16. The van der Waals surface area contributed by atoms with Gasteiger partial charge in [0, 0.05) is 12.8 Å². The fourth-order valence-corrected chi connectivity index (χ4v) is 7.95. The van der Waals surface area contributed by atoms with Gasteiger partial charge in [0.05, 0.1) is 19.8 Å². The molecule has 0 aromatic rings. The number of unbranched alkanes of at least 4 members (excludes halogenated alkanes) is 30. The third-order valence-corrected chi connectivity index (χ3v) is 12.0. The first-order valence-corrected chi connectivity index (χ1v) is 26.8. The molecule has 0 saturated heterocycles. The molecule has 0 aromatic heterocycles. The molecule has 0 aliphatic rings. The first-order valence-electron chi connectivity index (χ1n) is 25.3. The molecule has 3 N–H and O–H groups in total. The zero-order valence-corrected chi connectivity index (χ0v) is 40.3. The molecule has 0 saturated carbocycles. The summed E-state index contributed by atoms with van der Waals surface area (Å²) in [5.41, 5.74) is 0. The number of carbonyl (C=O) groups is 2. The number of ether oxygens (including phenoxy) is 2. The number of hydrogen-bond donors (Lipinski definition) is 3. The van der Waals surface area contributed by atoms with Crippen LogP contribution in [0.2, 0.25) is 0 Å². The maximum atomic E-state index is 12.7. The van der Waals surface area contributed by atoms with E-state index in [4.69, 9.17) is 23.6 Å². The van der Waals surface area contributed by atoms with Crippen LogP contribution >= 0.6 is 7.82 Å². The molecule has 0 rings (SSSR count). The lowest BCUT2D eigenvalue weighted by atomic mass is 10.1. The summed E-state index contributed by atoms with van der Waals surface area (Å²) in [5, 5.41) is 18.4. The topological polar surface area (TPSA) is 149 Å². The molecule has 0 amide bonds. The van der Waals surface area contributed by atoms with Gasteiger partial charge in [0.25, 0.3) is 0 Å². The van der Waals surface area contributed by atoms with Gasteiger partial charge in [-0.15, -0.1) is 0 Å². The van der Waals surface area contributed by atoms with Crippen LogP contribution in [0.4, 0.5) is 0 Å². The van der Waals surface area contributed by atoms with Crippen molar-refractivity contribution in [1.29, 1.82) is 0 Å². The van der Waals surface area contributed by atoms with Gasteiger partial charge >= 0.3 is 19.8 Å². The number of hydrogen-bond acceptors (Lipinski definition) is 9. The van der Waals surface area contributed by atoms with Gasteiger partial charge in [-0.1, -0.05) is 192 Å². The van der Waals surface area contributed by atoms with Crippen LogP contribution < -0.4 is 0 Å². The number of allylic oxidation sites excluding steroid dienone is 4. The molecule has 0 bridgehead atoms. The standard InChI is InChI=1S/C50H95O10P/c1-3-5-7-9-11-13-15-17-19-21-23-25-27-29-31-33-35-37-39-41-49(53)57-45-48(46-59-61(55,56)58-44-47(52)43-51)60-50(54)42-40-38-36-34-32-30-28-26-24-22-20-18-16-14-12-10-8-6-4-2/h17-20,47-48,51-52H,3-16,21-46H2,1-2H3,(H,55,56)/b19-17+,20-18+/t47?,48-/m1/s1. The second kappa shape index (κ2) is 46.4. The predicted molar refractivity (Wildman–Crippen MR) is 252 cm³/mol. The van der Waals surface area contributed by atoms with Crippen LogP contribution in [0.1, 0.15) is 245 Å². The zero-order chi connectivity index (χ0) is 44.8. The van der Waals surface area contributed by atoms with E-state index in [2.05, 4.69) is 38.2 Å². The van der Waals surface area contributed by atoms with Gasteiger partial charge in [0.1, 0.15) is 12.7 Å². The highest BCUT2D eigenvalue weighted by Crippen LogP contribution is 2.43. The Labute approximate surface area is 374 Å². The molecular weight excluding hydrogens is 792 g/mol. The van der Waals surface area contributed by atoms with Crippen molar-refractivity contribution in [3.63, 3.8) is 0 Å². The number of esters is 2. The fraction of sp³-hybridized carbons (Fsp3) is 0.880. The Bertz CT molecular complexity index is 1070. The highest BCUT2D eigenvalue weighted by atomic mass is 31.2. The summed E-state index contributed by atoms with van der Waals surface area (Å²) in [5.74, 6) is -0.919. The first kappa shape index (κ1) is 59.5. The van der Waals surface area contributed by atoms with Gasteiger partial charge in [-0.05, 0) is 64.2 Å². The highest BCUT2D eigenvalue weighted by Gasteiger charge is 2.27. The second-order valence-corrected chi connectivity index (χ2v) is 18.6. The molecule has 11 heteroatoms. The number of rotatable bonds is 48. The third-order valence-electron chi connectivity index (χ3n) is 11.1. The lowest BCUT2D eigenvalue weighted by Crippen LogP contribution is -2.29. The molecule has 2 unspecified atom stereocenters. The minimum atomic E-state index is -4.62. The number of phosphoric ester groups is 1. The van der Waals surface area contributed by atoms with Crippen molar-refractivity contribution >= 4 is 19.8 Å².